The minimum absolute atomic E-state index is 0.0156. The number of rotatable bonds is 6. The third kappa shape index (κ3) is 4.62. The SMILES string of the molecule is Cc1ccc(OCC(=O)NCc2sc(-c3ccccc3Cl)nc2C)cc1. The van der Waals surface area contributed by atoms with Crippen molar-refractivity contribution in [1.82, 2.24) is 10.3 Å². The average molecular weight is 387 g/mol. The second kappa shape index (κ2) is 8.34. The summed E-state index contributed by atoms with van der Waals surface area (Å²) in [4.78, 5) is 17.6. The zero-order valence-corrected chi connectivity index (χ0v) is 16.2. The first kappa shape index (κ1) is 18.4. The molecule has 1 aromatic heterocycles. The van der Waals surface area contributed by atoms with Gasteiger partial charge in [0.1, 0.15) is 10.8 Å². The van der Waals surface area contributed by atoms with Crippen LogP contribution in [0.2, 0.25) is 5.02 Å². The van der Waals surface area contributed by atoms with Crippen LogP contribution in [0, 0.1) is 13.8 Å². The fraction of sp³-hybridized carbons (Fsp3) is 0.200. The summed E-state index contributed by atoms with van der Waals surface area (Å²) < 4.78 is 5.49. The zero-order chi connectivity index (χ0) is 18.5. The van der Waals surface area contributed by atoms with E-state index in [2.05, 4.69) is 10.3 Å². The van der Waals surface area contributed by atoms with Crippen LogP contribution in [0.4, 0.5) is 0 Å². The number of aromatic nitrogens is 1. The molecular formula is C20H19ClN2O2S. The maximum atomic E-state index is 12.0. The fourth-order valence-corrected chi connectivity index (χ4v) is 3.68. The predicted octanol–water partition coefficient (Wildman–Crippen LogP) is 4.78. The quantitative estimate of drug-likeness (QED) is 0.663. The Morgan fingerprint density at radius 2 is 1.88 bits per heavy atom. The molecule has 0 spiro atoms. The van der Waals surface area contributed by atoms with Crippen molar-refractivity contribution in [2.45, 2.75) is 20.4 Å². The van der Waals surface area contributed by atoms with Gasteiger partial charge in [0.15, 0.2) is 6.61 Å². The number of amides is 1. The topological polar surface area (TPSA) is 51.2 Å². The summed E-state index contributed by atoms with van der Waals surface area (Å²) in [7, 11) is 0. The molecule has 2 aromatic carbocycles. The number of carbonyl (C=O) groups excluding carboxylic acids is 1. The van der Waals surface area contributed by atoms with Crippen molar-refractivity contribution in [1.29, 1.82) is 0 Å². The first-order valence-electron chi connectivity index (χ1n) is 8.20. The van der Waals surface area contributed by atoms with Crippen molar-refractivity contribution in [3.8, 4) is 16.3 Å². The van der Waals surface area contributed by atoms with Crippen LogP contribution in [0.3, 0.4) is 0 Å². The molecule has 0 bridgehead atoms. The number of ether oxygens (including phenoxy) is 1. The summed E-state index contributed by atoms with van der Waals surface area (Å²) >= 11 is 7.77. The highest BCUT2D eigenvalue weighted by Gasteiger charge is 2.12. The Morgan fingerprint density at radius 3 is 2.62 bits per heavy atom. The molecule has 1 heterocycles. The number of benzene rings is 2. The molecule has 0 unspecified atom stereocenters. The third-order valence-electron chi connectivity index (χ3n) is 3.83. The van der Waals surface area contributed by atoms with E-state index < -0.39 is 0 Å². The number of aryl methyl sites for hydroxylation is 2. The summed E-state index contributed by atoms with van der Waals surface area (Å²) in [5.41, 5.74) is 2.95. The lowest BCUT2D eigenvalue weighted by molar-refractivity contribution is -0.123. The molecular weight excluding hydrogens is 368 g/mol. The third-order valence-corrected chi connectivity index (χ3v) is 5.35. The number of carbonyl (C=O) groups is 1. The molecule has 0 radical (unpaired) electrons. The van der Waals surface area contributed by atoms with E-state index in [1.807, 2.05) is 62.4 Å². The summed E-state index contributed by atoms with van der Waals surface area (Å²) in [5.74, 6) is 0.512. The summed E-state index contributed by atoms with van der Waals surface area (Å²) in [5, 5.41) is 4.40. The second-order valence-electron chi connectivity index (χ2n) is 5.89. The van der Waals surface area contributed by atoms with E-state index in [1.54, 1.807) is 0 Å². The molecule has 26 heavy (non-hydrogen) atoms. The van der Waals surface area contributed by atoms with Crippen LogP contribution in [-0.4, -0.2) is 17.5 Å². The highest BCUT2D eigenvalue weighted by atomic mass is 35.5. The molecule has 0 aliphatic carbocycles. The Kier molecular flexibility index (Phi) is 5.91. The van der Waals surface area contributed by atoms with Gasteiger partial charge in [-0.05, 0) is 32.0 Å². The van der Waals surface area contributed by atoms with Gasteiger partial charge >= 0.3 is 0 Å². The molecule has 3 aromatic rings. The summed E-state index contributed by atoms with van der Waals surface area (Å²) in [6, 6.07) is 15.2. The van der Waals surface area contributed by atoms with Gasteiger partial charge in [-0.15, -0.1) is 11.3 Å². The van der Waals surface area contributed by atoms with Gasteiger partial charge < -0.3 is 10.1 Å². The Labute approximate surface area is 161 Å². The number of thiazole rings is 1. The minimum Gasteiger partial charge on any atom is -0.484 e. The molecule has 0 saturated heterocycles. The van der Waals surface area contributed by atoms with Crippen molar-refractivity contribution in [3.63, 3.8) is 0 Å². The highest BCUT2D eigenvalue weighted by molar-refractivity contribution is 7.15. The molecule has 0 saturated carbocycles. The van der Waals surface area contributed by atoms with Crippen LogP contribution in [0.15, 0.2) is 48.5 Å². The fourth-order valence-electron chi connectivity index (χ4n) is 2.36. The Morgan fingerprint density at radius 1 is 1.15 bits per heavy atom. The smallest absolute Gasteiger partial charge is 0.258 e. The molecule has 0 aliphatic rings. The van der Waals surface area contributed by atoms with Crippen LogP contribution in [0.25, 0.3) is 10.6 Å². The standard InChI is InChI=1S/C20H19ClN2O2S/c1-13-7-9-15(10-8-13)25-12-19(24)22-11-18-14(2)23-20(26-18)16-5-3-4-6-17(16)21/h3-10H,11-12H2,1-2H3,(H,22,24). The molecule has 0 fully saturated rings. The Balaban J connectivity index is 1.57. The lowest BCUT2D eigenvalue weighted by atomic mass is 10.2. The molecule has 0 atom stereocenters. The van der Waals surface area contributed by atoms with Crippen molar-refractivity contribution >= 4 is 28.8 Å². The van der Waals surface area contributed by atoms with Crippen molar-refractivity contribution in [2.24, 2.45) is 0 Å². The van der Waals surface area contributed by atoms with Gasteiger partial charge in [0, 0.05) is 10.4 Å². The lowest BCUT2D eigenvalue weighted by Gasteiger charge is -2.07. The summed E-state index contributed by atoms with van der Waals surface area (Å²) in [6.45, 7) is 4.34. The lowest BCUT2D eigenvalue weighted by Crippen LogP contribution is -2.28. The van der Waals surface area contributed by atoms with Gasteiger partial charge in [0.05, 0.1) is 17.3 Å². The van der Waals surface area contributed by atoms with E-state index in [0.29, 0.717) is 17.3 Å². The van der Waals surface area contributed by atoms with Crippen LogP contribution in [-0.2, 0) is 11.3 Å². The molecule has 3 rings (SSSR count). The van der Waals surface area contributed by atoms with E-state index in [4.69, 9.17) is 16.3 Å². The number of nitrogens with zero attached hydrogens (tertiary/aromatic N) is 1. The molecule has 6 heteroatoms. The average Bonchev–Trinajstić information content (AvgIpc) is 3.00. The van der Waals surface area contributed by atoms with Crippen LogP contribution < -0.4 is 10.1 Å². The monoisotopic (exact) mass is 386 g/mol. The minimum atomic E-state index is -0.169. The van der Waals surface area contributed by atoms with Crippen LogP contribution >= 0.6 is 22.9 Å². The van der Waals surface area contributed by atoms with Crippen molar-refractivity contribution < 1.29 is 9.53 Å². The Hall–Kier alpha value is -2.37. The Bertz CT molecular complexity index is 906. The number of hydrogen-bond donors (Lipinski definition) is 1. The predicted molar refractivity (Wildman–Crippen MR) is 106 cm³/mol. The summed E-state index contributed by atoms with van der Waals surface area (Å²) in [6.07, 6.45) is 0. The zero-order valence-electron chi connectivity index (χ0n) is 14.6. The maximum absolute atomic E-state index is 12.0. The molecule has 1 amide bonds. The van der Waals surface area contributed by atoms with Crippen molar-refractivity contribution in [2.75, 3.05) is 6.61 Å². The number of hydrogen-bond acceptors (Lipinski definition) is 4. The van der Waals surface area contributed by atoms with E-state index in [0.717, 1.165) is 26.7 Å². The molecule has 0 aliphatic heterocycles. The van der Waals surface area contributed by atoms with Crippen molar-refractivity contribution in [3.05, 3.63) is 69.7 Å². The van der Waals surface area contributed by atoms with Gasteiger partial charge in [-0.25, -0.2) is 4.98 Å². The molecule has 1 N–H and O–H groups in total. The first-order valence-corrected chi connectivity index (χ1v) is 9.40. The molecule has 134 valence electrons. The van der Waals surface area contributed by atoms with E-state index in [9.17, 15) is 4.79 Å². The maximum Gasteiger partial charge on any atom is 0.258 e. The van der Waals surface area contributed by atoms with Gasteiger partial charge in [-0.1, -0.05) is 47.5 Å². The molecule has 4 nitrogen and oxygen atoms in total. The van der Waals surface area contributed by atoms with E-state index in [-0.39, 0.29) is 12.5 Å². The number of nitrogens with one attached hydrogen (secondary N) is 1. The normalized spacial score (nSPS) is 10.6. The van der Waals surface area contributed by atoms with Gasteiger partial charge in [0.25, 0.3) is 5.91 Å². The van der Waals surface area contributed by atoms with E-state index >= 15 is 0 Å². The van der Waals surface area contributed by atoms with Gasteiger partial charge in [-0.3, -0.25) is 4.79 Å². The van der Waals surface area contributed by atoms with Crippen LogP contribution in [0.1, 0.15) is 16.1 Å². The van der Waals surface area contributed by atoms with Gasteiger partial charge in [-0.2, -0.15) is 0 Å². The van der Waals surface area contributed by atoms with Gasteiger partial charge in [0.2, 0.25) is 0 Å². The largest absolute Gasteiger partial charge is 0.484 e. The number of halogens is 1. The van der Waals surface area contributed by atoms with E-state index in [1.165, 1.54) is 11.3 Å². The second-order valence-corrected chi connectivity index (χ2v) is 7.38. The highest BCUT2D eigenvalue weighted by Crippen LogP contribution is 2.32. The first-order chi connectivity index (χ1) is 12.5. The van der Waals surface area contributed by atoms with Crippen LogP contribution in [0.5, 0.6) is 5.75 Å².